The molecule has 1 fully saturated rings. The van der Waals surface area contributed by atoms with Gasteiger partial charge < -0.3 is 9.64 Å². The lowest BCUT2D eigenvalue weighted by atomic mass is 10.1. The van der Waals surface area contributed by atoms with Crippen LogP contribution in [0.25, 0.3) is 0 Å². The summed E-state index contributed by atoms with van der Waals surface area (Å²) >= 11 is 0. The molecule has 0 atom stereocenters. The van der Waals surface area contributed by atoms with Crippen molar-refractivity contribution in [3.63, 3.8) is 0 Å². The van der Waals surface area contributed by atoms with Crippen LogP contribution in [0.4, 0.5) is 19.3 Å². The highest BCUT2D eigenvalue weighted by Gasteiger charge is 2.24. The third kappa shape index (κ3) is 5.98. The van der Waals surface area contributed by atoms with Gasteiger partial charge >= 0.3 is 18.4 Å². The molecule has 8 nitrogen and oxygen atoms in total. The molecule has 164 valence electrons. The first-order valence-corrected chi connectivity index (χ1v) is 9.62. The van der Waals surface area contributed by atoms with E-state index in [1.807, 2.05) is 35.8 Å². The number of anilines is 1. The van der Waals surface area contributed by atoms with E-state index in [0.29, 0.717) is 26.3 Å². The monoisotopic (exact) mass is 432 g/mol. The van der Waals surface area contributed by atoms with Gasteiger partial charge in [-0.05, 0) is 29.8 Å². The van der Waals surface area contributed by atoms with E-state index in [9.17, 15) is 23.2 Å². The summed E-state index contributed by atoms with van der Waals surface area (Å²) in [7, 11) is 0. The van der Waals surface area contributed by atoms with Crippen LogP contribution < -0.4 is 15.8 Å². The first-order chi connectivity index (χ1) is 15.0. The number of hydrazine groups is 1. The normalized spacial score (nSPS) is 13.6. The smallest absolute Gasteiger partial charge is 0.324 e. The molecule has 1 aliphatic rings. The van der Waals surface area contributed by atoms with Gasteiger partial charge in [0.2, 0.25) is 0 Å². The fourth-order valence-corrected chi connectivity index (χ4v) is 2.99. The average Bonchev–Trinajstić information content (AvgIpc) is 2.81. The molecule has 1 heterocycles. The van der Waals surface area contributed by atoms with Crippen molar-refractivity contribution in [2.45, 2.75) is 13.0 Å². The van der Waals surface area contributed by atoms with Crippen molar-refractivity contribution >= 4 is 23.5 Å². The number of urea groups is 1. The molecule has 3 rings (SSSR count). The summed E-state index contributed by atoms with van der Waals surface area (Å²) in [5.41, 5.74) is 5.23. The van der Waals surface area contributed by atoms with Crippen LogP contribution in [0.3, 0.4) is 0 Å². The topological polar surface area (TPSA) is 91.0 Å². The molecular weight excluding hydrogens is 410 g/mol. The number of nitrogens with one attached hydrogen (secondary N) is 2. The number of rotatable bonds is 5. The average molecular weight is 432 g/mol. The number of halogens is 2. The molecule has 0 spiro atoms. The third-order valence-electron chi connectivity index (χ3n) is 4.63. The lowest BCUT2D eigenvalue weighted by molar-refractivity contribution is -0.132. The Labute approximate surface area is 177 Å². The van der Waals surface area contributed by atoms with Crippen LogP contribution >= 0.6 is 0 Å². The minimum atomic E-state index is -3.23. The van der Waals surface area contributed by atoms with Crippen LogP contribution in [0.2, 0.25) is 0 Å². The number of nitrogens with zero attached hydrogens (tertiary/aromatic N) is 2. The Balaban J connectivity index is 1.70. The highest BCUT2D eigenvalue weighted by molar-refractivity contribution is 5.96. The first-order valence-electron chi connectivity index (χ1n) is 9.62. The largest absolute Gasteiger partial charge is 0.378 e. The number of amides is 4. The second-order valence-electron chi connectivity index (χ2n) is 6.74. The molecule has 31 heavy (non-hydrogen) atoms. The van der Waals surface area contributed by atoms with Crippen molar-refractivity contribution in [2.24, 2.45) is 0 Å². The van der Waals surface area contributed by atoms with Gasteiger partial charge in [-0.15, -0.1) is 0 Å². The van der Waals surface area contributed by atoms with Gasteiger partial charge in [0.05, 0.1) is 19.8 Å². The number of alkyl halides is 2. The van der Waals surface area contributed by atoms with E-state index >= 15 is 0 Å². The van der Waals surface area contributed by atoms with E-state index in [0.717, 1.165) is 11.3 Å². The van der Waals surface area contributed by atoms with E-state index in [1.54, 1.807) is 27.4 Å². The predicted molar refractivity (Wildman–Crippen MR) is 108 cm³/mol. The van der Waals surface area contributed by atoms with Crippen molar-refractivity contribution in [1.29, 1.82) is 0 Å². The van der Waals surface area contributed by atoms with Gasteiger partial charge in [-0.1, -0.05) is 30.3 Å². The molecule has 0 aromatic heterocycles. The van der Waals surface area contributed by atoms with Gasteiger partial charge in [0.25, 0.3) is 5.91 Å². The Kier molecular flexibility index (Phi) is 7.50. The zero-order valence-electron chi connectivity index (χ0n) is 16.6. The summed E-state index contributed by atoms with van der Waals surface area (Å²) in [6, 6.07) is 15.4. The highest BCUT2D eigenvalue weighted by atomic mass is 19.3. The zero-order chi connectivity index (χ0) is 22.2. The second-order valence-corrected chi connectivity index (χ2v) is 6.74. The summed E-state index contributed by atoms with van der Waals surface area (Å²) in [5.74, 6) is -2.32. The van der Waals surface area contributed by atoms with Crippen molar-refractivity contribution in [3.05, 3.63) is 65.7 Å². The summed E-state index contributed by atoms with van der Waals surface area (Å²) in [6.45, 7) is 2.25. The molecule has 0 unspecified atom stereocenters. The molecule has 2 N–H and O–H groups in total. The highest BCUT2D eigenvalue weighted by Crippen LogP contribution is 2.20. The summed E-state index contributed by atoms with van der Waals surface area (Å²) in [6.07, 6.45) is -3.23. The molecule has 2 aromatic rings. The number of hydrogen-bond acceptors (Lipinski definition) is 4. The molecule has 0 aliphatic carbocycles. The minimum absolute atomic E-state index is 0.147. The van der Waals surface area contributed by atoms with Gasteiger partial charge in [-0.2, -0.15) is 8.78 Å². The van der Waals surface area contributed by atoms with E-state index in [4.69, 9.17) is 4.74 Å². The Bertz CT molecular complexity index is 903. The van der Waals surface area contributed by atoms with Crippen molar-refractivity contribution in [2.75, 3.05) is 31.2 Å². The number of morpholine rings is 1. The molecule has 0 radical (unpaired) electrons. The minimum Gasteiger partial charge on any atom is -0.378 e. The van der Waals surface area contributed by atoms with Crippen molar-refractivity contribution < 1.29 is 27.9 Å². The number of ether oxygens (including phenoxy) is 1. The molecule has 4 amide bonds. The number of carbonyl (C=O) groups is 3. The van der Waals surface area contributed by atoms with Gasteiger partial charge in [-0.25, -0.2) is 4.79 Å². The number of para-hydroxylation sites is 1. The fourth-order valence-electron chi connectivity index (χ4n) is 2.99. The van der Waals surface area contributed by atoms with Crippen molar-refractivity contribution in [3.8, 4) is 0 Å². The van der Waals surface area contributed by atoms with Crippen LogP contribution in [0.1, 0.15) is 15.9 Å². The standard InChI is InChI=1S/C21H22F2N4O4/c22-18(23)20(29)25-24-19(28)16-8-6-15(7-9-16)14-27(17-4-2-1-3-5-17)21(30)26-10-12-31-13-11-26/h1-9,18H,10-14H2,(H,24,28)(H,25,29). The van der Waals surface area contributed by atoms with Gasteiger partial charge in [0, 0.05) is 24.3 Å². The third-order valence-corrected chi connectivity index (χ3v) is 4.63. The Morgan fingerprint density at radius 1 is 0.968 bits per heavy atom. The van der Waals surface area contributed by atoms with E-state index in [1.165, 1.54) is 12.1 Å². The maximum absolute atomic E-state index is 13.1. The zero-order valence-corrected chi connectivity index (χ0v) is 16.6. The molecule has 0 saturated carbocycles. The summed E-state index contributed by atoms with van der Waals surface area (Å²) < 4.78 is 29.7. The SMILES string of the molecule is O=C(NNC(=O)C(F)F)c1ccc(CN(C(=O)N2CCOCC2)c2ccccc2)cc1. The predicted octanol–water partition coefficient (Wildman–Crippen LogP) is 2.17. The van der Waals surface area contributed by atoms with Crippen LogP contribution in [-0.2, 0) is 16.1 Å². The Hall–Kier alpha value is -3.53. The molecule has 10 heteroatoms. The maximum Gasteiger partial charge on any atom is 0.324 e. The quantitative estimate of drug-likeness (QED) is 0.709. The lowest BCUT2D eigenvalue weighted by Crippen LogP contribution is -2.48. The lowest BCUT2D eigenvalue weighted by Gasteiger charge is -2.33. The number of benzene rings is 2. The van der Waals surface area contributed by atoms with Crippen LogP contribution in [0.5, 0.6) is 0 Å². The maximum atomic E-state index is 13.1. The molecular formula is C21H22F2N4O4. The molecule has 2 aromatic carbocycles. The first kappa shape index (κ1) is 22.2. The van der Waals surface area contributed by atoms with Gasteiger partial charge in [-0.3, -0.25) is 25.3 Å². The molecule has 1 aliphatic heterocycles. The fraction of sp³-hybridized carbons (Fsp3) is 0.286. The van der Waals surface area contributed by atoms with Crippen LogP contribution in [0, 0.1) is 0 Å². The van der Waals surface area contributed by atoms with E-state index < -0.39 is 18.2 Å². The Morgan fingerprint density at radius 3 is 2.23 bits per heavy atom. The van der Waals surface area contributed by atoms with E-state index in [-0.39, 0.29) is 18.1 Å². The molecule has 1 saturated heterocycles. The molecule has 0 bridgehead atoms. The summed E-state index contributed by atoms with van der Waals surface area (Å²) in [5, 5.41) is 0. The number of carbonyl (C=O) groups excluding carboxylic acids is 3. The van der Waals surface area contributed by atoms with E-state index in [2.05, 4.69) is 0 Å². The van der Waals surface area contributed by atoms with Gasteiger partial charge in [0.15, 0.2) is 0 Å². The van der Waals surface area contributed by atoms with Crippen LogP contribution in [-0.4, -0.2) is 55.5 Å². The Morgan fingerprint density at radius 2 is 1.61 bits per heavy atom. The summed E-state index contributed by atoms with van der Waals surface area (Å²) in [4.78, 5) is 39.3. The second kappa shape index (κ2) is 10.5. The van der Waals surface area contributed by atoms with Gasteiger partial charge in [0.1, 0.15) is 0 Å². The van der Waals surface area contributed by atoms with Crippen LogP contribution in [0.15, 0.2) is 54.6 Å². The van der Waals surface area contributed by atoms with Crippen molar-refractivity contribution in [1.82, 2.24) is 15.8 Å². The number of hydrogen-bond donors (Lipinski definition) is 2.